The Morgan fingerprint density at radius 1 is 1.14 bits per heavy atom. The van der Waals surface area contributed by atoms with Crippen molar-refractivity contribution >= 4 is 34.0 Å². The van der Waals surface area contributed by atoms with Gasteiger partial charge < -0.3 is 20.3 Å². The number of carbonyl (C=O) groups is 1. The zero-order chi connectivity index (χ0) is 24.8. The van der Waals surface area contributed by atoms with Gasteiger partial charge in [0.05, 0.1) is 12.1 Å². The van der Waals surface area contributed by atoms with Gasteiger partial charge in [-0.1, -0.05) is 12.5 Å². The van der Waals surface area contributed by atoms with Crippen molar-refractivity contribution < 1.29 is 9.53 Å². The van der Waals surface area contributed by atoms with E-state index < -0.39 is 0 Å². The summed E-state index contributed by atoms with van der Waals surface area (Å²) in [5, 5.41) is 6.89. The highest BCUT2D eigenvalue weighted by Gasteiger charge is 2.09. The molecule has 1 aromatic heterocycles. The summed E-state index contributed by atoms with van der Waals surface area (Å²) >= 11 is 0. The van der Waals surface area contributed by atoms with Gasteiger partial charge in [-0.25, -0.2) is 9.97 Å². The number of nitrogens with one attached hydrogen (secondary N) is 2. The fourth-order valence-electron chi connectivity index (χ4n) is 3.21. The molecule has 0 spiro atoms. The third kappa shape index (κ3) is 6.25. The molecule has 0 saturated carbocycles. The first kappa shape index (κ1) is 23.5. The minimum atomic E-state index is -0.369. The zero-order valence-corrected chi connectivity index (χ0v) is 19.9. The number of hydrogen-bond donors (Lipinski definition) is 2. The molecule has 0 saturated heterocycles. The number of ether oxygens (including phenoxy) is 1. The van der Waals surface area contributed by atoms with Gasteiger partial charge in [0.1, 0.15) is 23.7 Å². The fourth-order valence-corrected chi connectivity index (χ4v) is 3.21. The summed E-state index contributed by atoms with van der Waals surface area (Å²) in [5.41, 5.74) is 3.05. The van der Waals surface area contributed by atoms with Gasteiger partial charge in [-0.05, 0) is 68.6 Å². The Labute approximate surface area is 204 Å². The predicted molar refractivity (Wildman–Crippen MR) is 139 cm³/mol. The molecule has 2 aromatic carbocycles. The van der Waals surface area contributed by atoms with Crippen LogP contribution in [-0.2, 0) is 4.79 Å². The number of anilines is 3. The van der Waals surface area contributed by atoms with E-state index in [-0.39, 0.29) is 5.91 Å². The maximum Gasteiger partial charge on any atom is 0.300 e. The van der Waals surface area contributed by atoms with Crippen LogP contribution in [0.3, 0.4) is 0 Å². The topological polar surface area (TPSA) is 82.6 Å². The number of carbonyl (C=O) groups excluding carboxylic acids is 1. The lowest BCUT2D eigenvalue weighted by molar-refractivity contribution is -0.111. The molecule has 0 bridgehead atoms. The molecule has 0 aliphatic carbocycles. The standard InChI is InChI=1S/C27H26N6O2/c1-19-16-23(13-15-33(19)4)35-22-10-7-20(8-11-22)31-27-24-17-21(9-12-25(24)28-18-29-27)30-26(34)6-5-14-32(2)3/h7-13,15-18H,1,14H2,2-4H3,(H,30,34)(H,28,29,31). The Morgan fingerprint density at radius 2 is 1.91 bits per heavy atom. The normalized spacial score (nSPS) is 12.7. The first-order valence-electron chi connectivity index (χ1n) is 10.9. The van der Waals surface area contributed by atoms with Crippen LogP contribution in [-0.4, -0.2) is 53.4 Å². The average Bonchev–Trinajstić information content (AvgIpc) is 2.83. The maximum absolute atomic E-state index is 12.1. The Morgan fingerprint density at radius 3 is 2.66 bits per heavy atom. The van der Waals surface area contributed by atoms with Gasteiger partial charge in [0.2, 0.25) is 0 Å². The van der Waals surface area contributed by atoms with Crippen LogP contribution in [0.25, 0.3) is 10.9 Å². The number of hydrogen-bond acceptors (Lipinski definition) is 7. The van der Waals surface area contributed by atoms with Gasteiger partial charge in [0, 0.05) is 41.8 Å². The van der Waals surface area contributed by atoms with Crippen LogP contribution in [0.2, 0.25) is 0 Å². The van der Waals surface area contributed by atoms with Gasteiger partial charge in [0.15, 0.2) is 0 Å². The van der Waals surface area contributed by atoms with E-state index in [1.807, 2.05) is 85.7 Å². The van der Waals surface area contributed by atoms with Crippen molar-refractivity contribution in [2.24, 2.45) is 0 Å². The molecule has 4 rings (SSSR count). The van der Waals surface area contributed by atoms with Gasteiger partial charge in [-0.15, -0.1) is 0 Å². The van der Waals surface area contributed by atoms with Crippen molar-refractivity contribution in [1.29, 1.82) is 0 Å². The first-order valence-corrected chi connectivity index (χ1v) is 10.9. The molecular formula is C27H26N6O2. The van der Waals surface area contributed by atoms with Crippen molar-refractivity contribution in [3.63, 3.8) is 0 Å². The highest BCUT2D eigenvalue weighted by molar-refractivity contribution is 6.05. The molecule has 8 nitrogen and oxygen atoms in total. The third-order valence-corrected chi connectivity index (χ3v) is 5.07. The Hall–Kier alpha value is -4.61. The number of nitrogens with zero attached hydrogens (tertiary/aromatic N) is 4. The largest absolute Gasteiger partial charge is 0.457 e. The van der Waals surface area contributed by atoms with E-state index >= 15 is 0 Å². The number of aromatic nitrogens is 2. The molecular weight excluding hydrogens is 440 g/mol. The maximum atomic E-state index is 12.1. The van der Waals surface area contributed by atoms with Crippen molar-refractivity contribution in [1.82, 2.24) is 19.8 Å². The molecule has 0 unspecified atom stereocenters. The van der Waals surface area contributed by atoms with Crippen molar-refractivity contribution in [3.05, 3.63) is 85.2 Å². The zero-order valence-electron chi connectivity index (χ0n) is 19.9. The highest BCUT2D eigenvalue weighted by atomic mass is 16.5. The Bertz CT molecular complexity index is 1380. The lowest BCUT2D eigenvalue weighted by Crippen LogP contribution is -2.13. The van der Waals surface area contributed by atoms with Crippen LogP contribution < -0.4 is 15.4 Å². The monoisotopic (exact) mass is 466 g/mol. The molecule has 2 heterocycles. The second kappa shape index (κ2) is 10.5. The molecule has 8 heteroatoms. The summed E-state index contributed by atoms with van der Waals surface area (Å²) in [5.74, 6) is 7.09. The average molecular weight is 467 g/mol. The minimum absolute atomic E-state index is 0.369. The molecule has 176 valence electrons. The lowest BCUT2D eigenvalue weighted by atomic mass is 10.2. The molecule has 0 atom stereocenters. The van der Waals surface area contributed by atoms with Crippen molar-refractivity contribution in [2.75, 3.05) is 38.3 Å². The quantitative estimate of drug-likeness (QED) is 0.529. The number of likely N-dealkylation sites (N-methyl/N-ethyl adjacent to an activating group) is 1. The number of fused-ring (bicyclic) bond motifs is 1. The summed E-state index contributed by atoms with van der Waals surface area (Å²) in [6.07, 6.45) is 7.17. The number of allylic oxidation sites excluding steroid dienone is 2. The molecule has 1 aliphatic heterocycles. The van der Waals surface area contributed by atoms with E-state index in [9.17, 15) is 4.79 Å². The predicted octanol–water partition coefficient (Wildman–Crippen LogP) is 4.11. The van der Waals surface area contributed by atoms with E-state index in [4.69, 9.17) is 4.74 Å². The molecule has 35 heavy (non-hydrogen) atoms. The second-order valence-electron chi connectivity index (χ2n) is 8.16. The van der Waals surface area contributed by atoms with Gasteiger partial charge in [-0.2, -0.15) is 0 Å². The van der Waals surface area contributed by atoms with Crippen molar-refractivity contribution in [3.8, 4) is 17.6 Å². The van der Waals surface area contributed by atoms with Crippen LogP contribution in [0, 0.1) is 11.8 Å². The lowest BCUT2D eigenvalue weighted by Gasteiger charge is -2.19. The van der Waals surface area contributed by atoms with E-state index in [0.717, 1.165) is 28.0 Å². The second-order valence-corrected chi connectivity index (χ2v) is 8.16. The van der Waals surface area contributed by atoms with Gasteiger partial charge in [0.25, 0.3) is 5.91 Å². The number of rotatable bonds is 6. The minimum Gasteiger partial charge on any atom is -0.457 e. The first-order chi connectivity index (χ1) is 16.9. The molecule has 1 amide bonds. The number of amides is 1. The van der Waals surface area contributed by atoms with Crippen LogP contribution in [0.1, 0.15) is 0 Å². The summed E-state index contributed by atoms with van der Waals surface area (Å²) < 4.78 is 5.92. The van der Waals surface area contributed by atoms with Crippen LogP contribution in [0.15, 0.2) is 85.2 Å². The van der Waals surface area contributed by atoms with Gasteiger partial charge >= 0.3 is 0 Å². The molecule has 3 aromatic rings. The van der Waals surface area contributed by atoms with Crippen LogP contribution in [0.4, 0.5) is 17.2 Å². The van der Waals surface area contributed by atoms with E-state index in [2.05, 4.69) is 39.0 Å². The molecule has 0 fully saturated rings. The summed E-state index contributed by atoms with van der Waals surface area (Å²) in [6, 6.07) is 13.0. The fraction of sp³-hybridized carbons (Fsp3) is 0.148. The van der Waals surface area contributed by atoms with E-state index in [1.54, 1.807) is 6.07 Å². The third-order valence-electron chi connectivity index (χ3n) is 5.07. The Balaban J connectivity index is 1.47. The van der Waals surface area contributed by atoms with E-state index in [1.165, 1.54) is 6.33 Å². The molecule has 1 aliphatic rings. The van der Waals surface area contributed by atoms with Gasteiger partial charge in [-0.3, -0.25) is 9.69 Å². The summed E-state index contributed by atoms with van der Waals surface area (Å²) in [4.78, 5) is 24.7. The number of benzene rings is 2. The van der Waals surface area contributed by atoms with Crippen LogP contribution in [0.5, 0.6) is 5.75 Å². The molecule has 2 N–H and O–H groups in total. The van der Waals surface area contributed by atoms with E-state index in [0.29, 0.717) is 23.8 Å². The summed E-state index contributed by atoms with van der Waals surface area (Å²) in [6.45, 7) is 4.49. The van der Waals surface area contributed by atoms with Crippen LogP contribution >= 0.6 is 0 Å². The SMILES string of the molecule is C=C1C=C(Oc2ccc(Nc3ncnc4ccc(NC(=O)C#CCN(C)C)cc34)cc2)C=CN1C. The smallest absolute Gasteiger partial charge is 0.300 e. The highest BCUT2D eigenvalue weighted by Crippen LogP contribution is 2.27. The Kier molecular flexibility index (Phi) is 7.10. The van der Waals surface area contributed by atoms with Crippen molar-refractivity contribution in [2.45, 2.75) is 0 Å². The summed E-state index contributed by atoms with van der Waals surface area (Å²) in [7, 11) is 5.72. The molecule has 0 radical (unpaired) electrons.